The summed E-state index contributed by atoms with van der Waals surface area (Å²) < 4.78 is 1.18. The quantitative estimate of drug-likeness (QED) is 0.772. The zero-order chi connectivity index (χ0) is 13.7. The van der Waals surface area contributed by atoms with Crippen LogP contribution in [0.3, 0.4) is 0 Å². The number of benzene rings is 1. The summed E-state index contributed by atoms with van der Waals surface area (Å²) in [6.45, 7) is 5.42. The van der Waals surface area contributed by atoms with E-state index < -0.39 is 0 Å². The van der Waals surface area contributed by atoms with Crippen LogP contribution in [0.1, 0.15) is 35.4 Å². The van der Waals surface area contributed by atoms with Gasteiger partial charge in [-0.1, -0.05) is 36.8 Å². The lowest BCUT2D eigenvalue weighted by molar-refractivity contribution is 0.536. The molecule has 1 N–H and O–H groups in total. The molecule has 0 saturated carbocycles. The number of nitrogens with one attached hydrogen (secondary N) is 1. The fraction of sp³-hybridized carbons (Fsp3) is 0.375. The van der Waals surface area contributed by atoms with Crippen LogP contribution in [0.25, 0.3) is 0 Å². The molecule has 2 rings (SSSR count). The van der Waals surface area contributed by atoms with Gasteiger partial charge in [0, 0.05) is 20.8 Å². The minimum Gasteiger partial charge on any atom is -0.309 e. The van der Waals surface area contributed by atoms with E-state index in [1.807, 2.05) is 11.3 Å². The fourth-order valence-corrected chi connectivity index (χ4v) is 3.70. The fourth-order valence-electron chi connectivity index (χ4n) is 2.18. The average Bonchev–Trinajstić information content (AvgIpc) is 2.81. The third kappa shape index (κ3) is 4.44. The van der Waals surface area contributed by atoms with Crippen molar-refractivity contribution in [1.82, 2.24) is 5.32 Å². The first kappa shape index (κ1) is 14.8. The van der Waals surface area contributed by atoms with Crippen molar-refractivity contribution in [3.63, 3.8) is 0 Å². The molecule has 0 bridgehead atoms. The smallest absolute Gasteiger partial charge is 0.0456 e. The maximum Gasteiger partial charge on any atom is 0.0456 e. The Hall–Kier alpha value is -0.640. The normalized spacial score (nSPS) is 12.6. The van der Waals surface area contributed by atoms with Gasteiger partial charge in [-0.25, -0.2) is 0 Å². The molecular formula is C16H20BrNS. The third-order valence-corrected chi connectivity index (χ3v) is 4.90. The highest BCUT2D eigenvalue weighted by Crippen LogP contribution is 2.28. The zero-order valence-electron chi connectivity index (χ0n) is 11.4. The Morgan fingerprint density at radius 2 is 2.16 bits per heavy atom. The standard InChI is InChI=1S/C16H20BrNS/c1-3-7-18-15(16-10-14(17)11-19-16)9-13-6-4-5-12(2)8-13/h4-6,8,10-11,15,18H,3,7,9H2,1-2H3. The lowest BCUT2D eigenvalue weighted by atomic mass is 10.0. The van der Waals surface area contributed by atoms with Gasteiger partial charge in [-0.3, -0.25) is 0 Å². The van der Waals surface area contributed by atoms with E-state index in [4.69, 9.17) is 0 Å². The van der Waals surface area contributed by atoms with Crippen molar-refractivity contribution in [2.75, 3.05) is 6.54 Å². The molecule has 0 aliphatic rings. The van der Waals surface area contributed by atoms with Crippen molar-refractivity contribution in [3.05, 3.63) is 56.2 Å². The molecule has 1 heterocycles. The molecule has 1 atom stereocenters. The SMILES string of the molecule is CCCNC(Cc1cccc(C)c1)c1cc(Br)cs1. The minimum atomic E-state index is 0.415. The van der Waals surface area contributed by atoms with Crippen LogP contribution in [0, 0.1) is 6.92 Å². The van der Waals surface area contributed by atoms with E-state index in [2.05, 4.69) is 70.8 Å². The van der Waals surface area contributed by atoms with Crippen LogP contribution in [-0.2, 0) is 6.42 Å². The van der Waals surface area contributed by atoms with Crippen molar-refractivity contribution in [1.29, 1.82) is 0 Å². The Morgan fingerprint density at radius 3 is 2.79 bits per heavy atom. The predicted molar refractivity (Wildman–Crippen MR) is 87.9 cm³/mol. The maximum absolute atomic E-state index is 3.66. The van der Waals surface area contributed by atoms with Gasteiger partial charge in [0.25, 0.3) is 0 Å². The average molecular weight is 338 g/mol. The van der Waals surface area contributed by atoms with Crippen LogP contribution in [0.15, 0.2) is 40.2 Å². The summed E-state index contributed by atoms with van der Waals surface area (Å²) in [6, 6.07) is 11.4. The van der Waals surface area contributed by atoms with Crippen molar-refractivity contribution < 1.29 is 0 Å². The highest BCUT2D eigenvalue weighted by molar-refractivity contribution is 9.10. The van der Waals surface area contributed by atoms with E-state index in [-0.39, 0.29) is 0 Å². The number of rotatable bonds is 6. The van der Waals surface area contributed by atoms with Crippen molar-refractivity contribution in [2.24, 2.45) is 0 Å². The first-order valence-electron chi connectivity index (χ1n) is 6.72. The molecule has 2 aromatic rings. The summed E-state index contributed by atoms with van der Waals surface area (Å²) in [5, 5.41) is 5.82. The predicted octanol–water partition coefficient (Wildman–Crippen LogP) is 5.10. The first-order valence-corrected chi connectivity index (χ1v) is 8.39. The van der Waals surface area contributed by atoms with Crippen molar-refractivity contribution >= 4 is 27.3 Å². The Balaban J connectivity index is 2.13. The molecule has 0 fully saturated rings. The van der Waals surface area contributed by atoms with Crippen LogP contribution in [0.2, 0.25) is 0 Å². The van der Waals surface area contributed by atoms with Gasteiger partial charge in [0.1, 0.15) is 0 Å². The summed E-state index contributed by atoms with van der Waals surface area (Å²) in [7, 11) is 0. The number of thiophene rings is 1. The van der Waals surface area contributed by atoms with Gasteiger partial charge in [0.05, 0.1) is 0 Å². The molecule has 102 valence electrons. The lowest BCUT2D eigenvalue weighted by Crippen LogP contribution is -2.23. The summed E-state index contributed by atoms with van der Waals surface area (Å²) >= 11 is 5.37. The van der Waals surface area contributed by atoms with Crippen molar-refractivity contribution in [2.45, 2.75) is 32.7 Å². The highest BCUT2D eigenvalue weighted by Gasteiger charge is 2.13. The van der Waals surface area contributed by atoms with E-state index in [0.717, 1.165) is 19.4 Å². The molecule has 19 heavy (non-hydrogen) atoms. The molecule has 0 radical (unpaired) electrons. The Morgan fingerprint density at radius 1 is 1.32 bits per heavy atom. The van der Waals surface area contributed by atoms with Gasteiger partial charge in [0.15, 0.2) is 0 Å². The van der Waals surface area contributed by atoms with Crippen LogP contribution >= 0.6 is 27.3 Å². The Kier molecular flexibility index (Phi) is 5.61. The number of halogens is 1. The van der Waals surface area contributed by atoms with E-state index in [1.165, 1.54) is 20.5 Å². The molecule has 0 aliphatic heterocycles. The Labute approximate surface area is 128 Å². The summed E-state index contributed by atoms with van der Waals surface area (Å²) in [5.74, 6) is 0. The molecule has 1 unspecified atom stereocenters. The second kappa shape index (κ2) is 7.22. The molecule has 0 aliphatic carbocycles. The lowest BCUT2D eigenvalue weighted by Gasteiger charge is -2.17. The summed E-state index contributed by atoms with van der Waals surface area (Å²) in [5.41, 5.74) is 2.73. The topological polar surface area (TPSA) is 12.0 Å². The maximum atomic E-state index is 3.66. The monoisotopic (exact) mass is 337 g/mol. The molecule has 0 saturated heterocycles. The minimum absolute atomic E-state index is 0.415. The largest absolute Gasteiger partial charge is 0.309 e. The number of hydrogen-bond donors (Lipinski definition) is 1. The van der Waals surface area contributed by atoms with Crippen LogP contribution < -0.4 is 5.32 Å². The molecule has 3 heteroatoms. The van der Waals surface area contributed by atoms with Crippen LogP contribution in [-0.4, -0.2) is 6.54 Å². The van der Waals surface area contributed by atoms with E-state index in [0.29, 0.717) is 6.04 Å². The van der Waals surface area contributed by atoms with Gasteiger partial charge >= 0.3 is 0 Å². The van der Waals surface area contributed by atoms with E-state index in [1.54, 1.807) is 0 Å². The Bertz CT molecular complexity index is 521. The highest BCUT2D eigenvalue weighted by atomic mass is 79.9. The second-order valence-corrected chi connectivity index (χ2v) is 6.73. The van der Waals surface area contributed by atoms with Gasteiger partial charge in [-0.05, 0) is 53.9 Å². The summed E-state index contributed by atoms with van der Waals surface area (Å²) in [4.78, 5) is 1.40. The number of aryl methyl sites for hydroxylation is 1. The zero-order valence-corrected chi connectivity index (χ0v) is 13.9. The van der Waals surface area contributed by atoms with Crippen LogP contribution in [0.4, 0.5) is 0 Å². The van der Waals surface area contributed by atoms with Crippen LogP contribution in [0.5, 0.6) is 0 Å². The first-order chi connectivity index (χ1) is 9.19. The molecule has 1 nitrogen and oxygen atoms in total. The van der Waals surface area contributed by atoms with Crippen molar-refractivity contribution in [3.8, 4) is 0 Å². The van der Waals surface area contributed by atoms with Gasteiger partial charge < -0.3 is 5.32 Å². The third-order valence-electron chi connectivity index (χ3n) is 3.09. The van der Waals surface area contributed by atoms with Gasteiger partial charge in [0.2, 0.25) is 0 Å². The van der Waals surface area contributed by atoms with Gasteiger partial charge in [-0.15, -0.1) is 11.3 Å². The molecule has 1 aromatic heterocycles. The summed E-state index contributed by atoms with van der Waals surface area (Å²) in [6.07, 6.45) is 2.21. The molecule has 0 spiro atoms. The van der Waals surface area contributed by atoms with E-state index >= 15 is 0 Å². The van der Waals surface area contributed by atoms with E-state index in [9.17, 15) is 0 Å². The molecule has 0 amide bonds. The molecule has 1 aromatic carbocycles. The second-order valence-electron chi connectivity index (χ2n) is 4.87. The molecular weight excluding hydrogens is 318 g/mol. The number of hydrogen-bond acceptors (Lipinski definition) is 2. The van der Waals surface area contributed by atoms with Gasteiger partial charge in [-0.2, -0.15) is 0 Å².